The molecule has 0 spiro atoms. The summed E-state index contributed by atoms with van der Waals surface area (Å²) in [6.07, 6.45) is 1.88. The number of carbonyl (C=O) groups is 1. The molecule has 90 valence electrons. The molecule has 0 saturated heterocycles. The average Bonchev–Trinajstić information content (AvgIpc) is 2.68. The van der Waals surface area contributed by atoms with Crippen molar-refractivity contribution >= 4 is 11.6 Å². The number of pyridine rings is 1. The maximum atomic E-state index is 11.7. The lowest BCUT2D eigenvalue weighted by Crippen LogP contribution is -2.34. The van der Waals surface area contributed by atoms with Crippen LogP contribution in [0.2, 0.25) is 0 Å². The summed E-state index contributed by atoms with van der Waals surface area (Å²) < 4.78 is 1.86. The number of hydrogen-bond acceptors (Lipinski definition) is 3. The van der Waals surface area contributed by atoms with Gasteiger partial charge in [0.1, 0.15) is 0 Å². The van der Waals surface area contributed by atoms with E-state index >= 15 is 0 Å². The molecule has 0 bridgehead atoms. The zero-order chi connectivity index (χ0) is 12.5. The fourth-order valence-corrected chi connectivity index (χ4v) is 1.44. The summed E-state index contributed by atoms with van der Waals surface area (Å²) in [4.78, 5) is 11.7. The first kappa shape index (κ1) is 11.6. The van der Waals surface area contributed by atoms with Crippen LogP contribution in [0.3, 0.4) is 0 Å². The smallest absolute Gasteiger partial charge is 0.225 e. The first-order chi connectivity index (χ1) is 7.98. The van der Waals surface area contributed by atoms with Crippen molar-refractivity contribution in [2.45, 2.75) is 27.3 Å². The highest BCUT2D eigenvalue weighted by molar-refractivity contribution is 5.81. The second-order valence-electron chi connectivity index (χ2n) is 4.98. The molecular weight excluding hydrogens is 216 g/mol. The Morgan fingerprint density at radius 2 is 2.12 bits per heavy atom. The van der Waals surface area contributed by atoms with Gasteiger partial charge in [0.15, 0.2) is 11.5 Å². The summed E-state index contributed by atoms with van der Waals surface area (Å²) in [5.74, 6) is 0.739. The summed E-state index contributed by atoms with van der Waals surface area (Å²) >= 11 is 0. The highest BCUT2D eigenvalue weighted by Crippen LogP contribution is 2.12. The molecule has 2 aromatic heterocycles. The highest BCUT2D eigenvalue weighted by atomic mass is 16.2. The van der Waals surface area contributed by atoms with Gasteiger partial charge in [0.05, 0.1) is 6.54 Å². The van der Waals surface area contributed by atoms with Gasteiger partial charge >= 0.3 is 0 Å². The van der Waals surface area contributed by atoms with Crippen molar-refractivity contribution in [2.75, 3.05) is 0 Å². The number of amides is 1. The molecule has 0 aliphatic heterocycles. The van der Waals surface area contributed by atoms with E-state index in [1.807, 2.05) is 49.6 Å². The molecule has 5 nitrogen and oxygen atoms in total. The molecule has 0 aromatic carbocycles. The lowest BCUT2D eigenvalue weighted by atomic mass is 9.96. The summed E-state index contributed by atoms with van der Waals surface area (Å²) in [7, 11) is 0. The van der Waals surface area contributed by atoms with Crippen molar-refractivity contribution in [1.82, 2.24) is 19.9 Å². The topological polar surface area (TPSA) is 59.3 Å². The van der Waals surface area contributed by atoms with Crippen LogP contribution in [-0.4, -0.2) is 20.5 Å². The molecule has 2 aromatic rings. The monoisotopic (exact) mass is 232 g/mol. The lowest BCUT2D eigenvalue weighted by molar-refractivity contribution is -0.128. The summed E-state index contributed by atoms with van der Waals surface area (Å²) in [5, 5.41) is 10.9. The number of nitrogens with zero attached hydrogens (tertiary/aromatic N) is 3. The van der Waals surface area contributed by atoms with Gasteiger partial charge in [-0.05, 0) is 12.1 Å². The molecule has 0 fully saturated rings. The Morgan fingerprint density at radius 1 is 1.35 bits per heavy atom. The van der Waals surface area contributed by atoms with Crippen LogP contribution >= 0.6 is 0 Å². The third-order valence-corrected chi connectivity index (χ3v) is 2.47. The normalized spacial score (nSPS) is 11.7. The van der Waals surface area contributed by atoms with Crippen molar-refractivity contribution in [3.05, 3.63) is 30.2 Å². The Kier molecular flexibility index (Phi) is 2.83. The van der Waals surface area contributed by atoms with Crippen LogP contribution in [0.15, 0.2) is 24.4 Å². The van der Waals surface area contributed by atoms with E-state index in [0.717, 1.165) is 11.5 Å². The van der Waals surface area contributed by atoms with Crippen LogP contribution in [-0.2, 0) is 11.3 Å². The molecule has 0 aliphatic carbocycles. The number of aromatic nitrogens is 3. The predicted molar refractivity (Wildman–Crippen MR) is 64.3 cm³/mol. The van der Waals surface area contributed by atoms with Crippen LogP contribution in [0.25, 0.3) is 5.65 Å². The van der Waals surface area contributed by atoms with Gasteiger partial charge in [-0.15, -0.1) is 10.2 Å². The van der Waals surface area contributed by atoms with E-state index in [0.29, 0.717) is 6.54 Å². The van der Waals surface area contributed by atoms with E-state index in [1.165, 1.54) is 0 Å². The van der Waals surface area contributed by atoms with Gasteiger partial charge in [0, 0.05) is 11.6 Å². The quantitative estimate of drug-likeness (QED) is 0.851. The Labute approximate surface area is 99.9 Å². The minimum absolute atomic E-state index is 0.00480. The van der Waals surface area contributed by atoms with E-state index in [2.05, 4.69) is 15.5 Å². The first-order valence-electron chi connectivity index (χ1n) is 5.55. The van der Waals surface area contributed by atoms with Crippen molar-refractivity contribution in [1.29, 1.82) is 0 Å². The minimum atomic E-state index is -0.388. The van der Waals surface area contributed by atoms with Crippen molar-refractivity contribution in [3.8, 4) is 0 Å². The maximum Gasteiger partial charge on any atom is 0.225 e. The number of fused-ring (bicyclic) bond motifs is 1. The number of nitrogens with one attached hydrogen (secondary N) is 1. The van der Waals surface area contributed by atoms with Gasteiger partial charge in [0.25, 0.3) is 0 Å². The van der Waals surface area contributed by atoms with Crippen molar-refractivity contribution in [3.63, 3.8) is 0 Å². The Balaban J connectivity index is 2.12. The molecule has 0 atom stereocenters. The molecule has 1 amide bonds. The van der Waals surface area contributed by atoms with Crippen LogP contribution in [0, 0.1) is 5.41 Å². The molecule has 0 saturated carbocycles. The Morgan fingerprint density at radius 3 is 2.82 bits per heavy atom. The molecule has 2 heterocycles. The SMILES string of the molecule is CC(C)(C)C(=O)NCc1nnc2ccccn12. The largest absolute Gasteiger partial charge is 0.348 e. The second kappa shape index (κ2) is 4.16. The molecule has 17 heavy (non-hydrogen) atoms. The summed E-state index contributed by atoms with van der Waals surface area (Å²) in [5.41, 5.74) is 0.396. The fourth-order valence-electron chi connectivity index (χ4n) is 1.44. The highest BCUT2D eigenvalue weighted by Gasteiger charge is 2.21. The van der Waals surface area contributed by atoms with Crippen LogP contribution in [0.4, 0.5) is 0 Å². The van der Waals surface area contributed by atoms with E-state index in [4.69, 9.17) is 0 Å². The van der Waals surface area contributed by atoms with Gasteiger partial charge in [0.2, 0.25) is 5.91 Å². The van der Waals surface area contributed by atoms with E-state index in [9.17, 15) is 4.79 Å². The van der Waals surface area contributed by atoms with E-state index in [-0.39, 0.29) is 11.3 Å². The van der Waals surface area contributed by atoms with E-state index < -0.39 is 0 Å². The molecule has 1 N–H and O–H groups in total. The molecule has 0 aliphatic rings. The Hall–Kier alpha value is -1.91. The third kappa shape index (κ3) is 2.43. The summed E-state index contributed by atoms with van der Waals surface area (Å²) in [6, 6.07) is 5.69. The molecule has 2 rings (SSSR count). The lowest BCUT2D eigenvalue weighted by Gasteiger charge is -2.16. The zero-order valence-corrected chi connectivity index (χ0v) is 10.3. The number of rotatable bonds is 2. The minimum Gasteiger partial charge on any atom is -0.348 e. The standard InChI is InChI=1S/C12H16N4O/c1-12(2,3)11(17)13-8-10-15-14-9-6-4-5-7-16(9)10/h4-7H,8H2,1-3H3,(H,13,17). The number of carbonyl (C=O) groups excluding carboxylic acids is 1. The maximum absolute atomic E-state index is 11.7. The van der Waals surface area contributed by atoms with Gasteiger partial charge in [-0.3, -0.25) is 9.20 Å². The number of hydrogen-bond donors (Lipinski definition) is 1. The first-order valence-corrected chi connectivity index (χ1v) is 5.55. The second-order valence-corrected chi connectivity index (χ2v) is 4.98. The van der Waals surface area contributed by atoms with Gasteiger partial charge in [-0.25, -0.2) is 0 Å². The van der Waals surface area contributed by atoms with Crippen LogP contribution in [0.1, 0.15) is 26.6 Å². The van der Waals surface area contributed by atoms with Crippen molar-refractivity contribution < 1.29 is 4.79 Å². The fraction of sp³-hybridized carbons (Fsp3) is 0.417. The van der Waals surface area contributed by atoms with Crippen LogP contribution in [0.5, 0.6) is 0 Å². The van der Waals surface area contributed by atoms with Crippen LogP contribution < -0.4 is 5.32 Å². The Bertz CT molecular complexity index is 539. The predicted octanol–water partition coefficient (Wildman–Crippen LogP) is 1.39. The third-order valence-electron chi connectivity index (χ3n) is 2.47. The van der Waals surface area contributed by atoms with Gasteiger partial charge in [-0.2, -0.15) is 0 Å². The average molecular weight is 232 g/mol. The van der Waals surface area contributed by atoms with Crippen molar-refractivity contribution in [2.24, 2.45) is 5.41 Å². The van der Waals surface area contributed by atoms with Gasteiger partial charge < -0.3 is 5.32 Å². The van der Waals surface area contributed by atoms with Gasteiger partial charge in [-0.1, -0.05) is 26.8 Å². The zero-order valence-electron chi connectivity index (χ0n) is 10.3. The molecule has 0 radical (unpaired) electrons. The van der Waals surface area contributed by atoms with E-state index in [1.54, 1.807) is 0 Å². The summed E-state index contributed by atoms with van der Waals surface area (Å²) in [6.45, 7) is 6.03. The molecular formula is C12H16N4O. The molecule has 5 heteroatoms. The molecule has 0 unspecified atom stereocenters.